The first-order valence-electron chi connectivity index (χ1n) is 8.04. The summed E-state index contributed by atoms with van der Waals surface area (Å²) < 4.78 is 0. The molecule has 0 spiro atoms. The van der Waals surface area contributed by atoms with E-state index in [4.69, 9.17) is 23.2 Å². The standard InChI is InChI=1S/C17H26Cl2N2/c1-3-10-21(12-15-6-4-5-9-20-15)13(2)16-8-7-14(18)11-17(16)19/h7-8,11,13,15,20H,3-6,9-10,12H2,1-2H3. The Morgan fingerprint density at radius 2 is 2.14 bits per heavy atom. The first kappa shape index (κ1) is 17.1. The molecule has 1 heterocycles. The fraction of sp³-hybridized carbons (Fsp3) is 0.647. The van der Waals surface area contributed by atoms with Gasteiger partial charge in [0.05, 0.1) is 0 Å². The van der Waals surface area contributed by atoms with Gasteiger partial charge < -0.3 is 5.32 Å². The van der Waals surface area contributed by atoms with E-state index in [1.807, 2.05) is 12.1 Å². The molecule has 1 aliphatic heterocycles. The summed E-state index contributed by atoms with van der Waals surface area (Å²) >= 11 is 12.4. The predicted molar refractivity (Wildman–Crippen MR) is 92.4 cm³/mol. The SMILES string of the molecule is CCCN(CC1CCCCN1)C(C)c1ccc(Cl)cc1Cl. The van der Waals surface area contributed by atoms with Crippen LogP contribution in [0.3, 0.4) is 0 Å². The summed E-state index contributed by atoms with van der Waals surface area (Å²) in [6.45, 7) is 7.82. The van der Waals surface area contributed by atoms with Crippen molar-refractivity contribution in [1.29, 1.82) is 0 Å². The average Bonchev–Trinajstić information content (AvgIpc) is 2.47. The molecule has 2 unspecified atom stereocenters. The zero-order valence-corrected chi connectivity index (χ0v) is 14.6. The molecule has 0 bridgehead atoms. The van der Waals surface area contributed by atoms with Crippen molar-refractivity contribution in [2.75, 3.05) is 19.6 Å². The Hall–Kier alpha value is -0.280. The zero-order valence-electron chi connectivity index (χ0n) is 13.0. The topological polar surface area (TPSA) is 15.3 Å². The van der Waals surface area contributed by atoms with Gasteiger partial charge in [0.1, 0.15) is 0 Å². The number of nitrogens with one attached hydrogen (secondary N) is 1. The van der Waals surface area contributed by atoms with Gasteiger partial charge in [-0.1, -0.05) is 42.6 Å². The molecular weight excluding hydrogens is 303 g/mol. The Morgan fingerprint density at radius 3 is 2.76 bits per heavy atom. The molecule has 0 aromatic heterocycles. The van der Waals surface area contributed by atoms with Crippen molar-refractivity contribution in [3.8, 4) is 0 Å². The lowest BCUT2D eigenvalue weighted by molar-refractivity contribution is 0.176. The fourth-order valence-electron chi connectivity index (χ4n) is 3.13. The quantitative estimate of drug-likeness (QED) is 0.798. The summed E-state index contributed by atoms with van der Waals surface area (Å²) in [4.78, 5) is 2.54. The van der Waals surface area contributed by atoms with Gasteiger partial charge in [0.2, 0.25) is 0 Å². The molecule has 0 saturated carbocycles. The van der Waals surface area contributed by atoms with Gasteiger partial charge in [-0.25, -0.2) is 0 Å². The summed E-state index contributed by atoms with van der Waals surface area (Å²) in [5, 5.41) is 5.11. The van der Waals surface area contributed by atoms with Gasteiger partial charge in [-0.3, -0.25) is 4.90 Å². The molecule has 1 aromatic rings. The molecule has 0 amide bonds. The van der Waals surface area contributed by atoms with Crippen LogP contribution in [0.4, 0.5) is 0 Å². The molecule has 2 nitrogen and oxygen atoms in total. The largest absolute Gasteiger partial charge is 0.313 e. The number of hydrogen-bond donors (Lipinski definition) is 1. The number of nitrogens with zero attached hydrogens (tertiary/aromatic N) is 1. The first-order chi connectivity index (χ1) is 10.1. The first-order valence-corrected chi connectivity index (χ1v) is 8.79. The number of hydrogen-bond acceptors (Lipinski definition) is 2. The van der Waals surface area contributed by atoms with Crippen molar-refractivity contribution in [2.45, 2.75) is 51.6 Å². The Morgan fingerprint density at radius 1 is 1.33 bits per heavy atom. The molecule has 1 aliphatic rings. The Kier molecular flexibility index (Phi) is 6.81. The maximum Gasteiger partial charge on any atom is 0.0468 e. The molecule has 4 heteroatoms. The molecule has 1 saturated heterocycles. The van der Waals surface area contributed by atoms with Crippen LogP contribution in [-0.4, -0.2) is 30.6 Å². The molecule has 2 atom stereocenters. The van der Waals surface area contributed by atoms with Crippen LogP contribution in [0.5, 0.6) is 0 Å². The summed E-state index contributed by atoms with van der Waals surface area (Å²) in [6, 6.07) is 6.77. The second-order valence-corrected chi connectivity index (χ2v) is 6.83. The van der Waals surface area contributed by atoms with Crippen LogP contribution in [0.25, 0.3) is 0 Å². The highest BCUT2D eigenvalue weighted by atomic mass is 35.5. The average molecular weight is 329 g/mol. The van der Waals surface area contributed by atoms with E-state index < -0.39 is 0 Å². The molecule has 0 radical (unpaired) electrons. The summed E-state index contributed by atoms with van der Waals surface area (Å²) in [5.41, 5.74) is 1.17. The number of piperidine rings is 1. The van der Waals surface area contributed by atoms with Crippen LogP contribution >= 0.6 is 23.2 Å². The third-order valence-corrected chi connectivity index (χ3v) is 4.90. The Balaban J connectivity index is 2.08. The smallest absolute Gasteiger partial charge is 0.0468 e. The van der Waals surface area contributed by atoms with Crippen molar-refractivity contribution in [2.24, 2.45) is 0 Å². The van der Waals surface area contributed by atoms with Crippen LogP contribution < -0.4 is 5.32 Å². The van der Waals surface area contributed by atoms with E-state index in [9.17, 15) is 0 Å². The van der Waals surface area contributed by atoms with Crippen LogP contribution in [0.15, 0.2) is 18.2 Å². The van der Waals surface area contributed by atoms with Gasteiger partial charge in [0, 0.05) is 28.7 Å². The predicted octanol–water partition coefficient (Wildman–Crippen LogP) is 4.91. The molecule has 118 valence electrons. The van der Waals surface area contributed by atoms with Crippen molar-refractivity contribution in [1.82, 2.24) is 10.2 Å². The lowest BCUT2D eigenvalue weighted by atomic mass is 10.0. The van der Waals surface area contributed by atoms with Gasteiger partial charge in [-0.05, 0) is 57.0 Å². The second-order valence-electron chi connectivity index (χ2n) is 5.98. The van der Waals surface area contributed by atoms with Crippen LogP contribution in [0, 0.1) is 0 Å². The minimum absolute atomic E-state index is 0.318. The molecule has 21 heavy (non-hydrogen) atoms. The molecule has 0 aliphatic carbocycles. The maximum atomic E-state index is 6.38. The molecular formula is C17H26Cl2N2. The van der Waals surface area contributed by atoms with Crippen molar-refractivity contribution < 1.29 is 0 Å². The Bertz CT molecular complexity index is 444. The van der Waals surface area contributed by atoms with Gasteiger partial charge >= 0.3 is 0 Å². The number of benzene rings is 1. The van der Waals surface area contributed by atoms with Gasteiger partial charge in [0.25, 0.3) is 0 Å². The number of rotatable bonds is 6. The summed E-state index contributed by atoms with van der Waals surface area (Å²) in [5.74, 6) is 0. The number of halogens is 2. The third-order valence-electron chi connectivity index (χ3n) is 4.34. The van der Waals surface area contributed by atoms with E-state index in [1.54, 1.807) is 0 Å². The minimum atomic E-state index is 0.318. The zero-order chi connectivity index (χ0) is 15.2. The molecule has 1 N–H and O–H groups in total. The highest BCUT2D eigenvalue weighted by Crippen LogP contribution is 2.30. The maximum absolute atomic E-state index is 6.38. The monoisotopic (exact) mass is 328 g/mol. The van der Waals surface area contributed by atoms with Gasteiger partial charge in [0.15, 0.2) is 0 Å². The summed E-state index contributed by atoms with van der Waals surface area (Å²) in [7, 11) is 0. The lowest BCUT2D eigenvalue weighted by Gasteiger charge is -2.35. The van der Waals surface area contributed by atoms with E-state index in [2.05, 4.69) is 30.1 Å². The molecule has 1 fully saturated rings. The van der Waals surface area contributed by atoms with E-state index >= 15 is 0 Å². The van der Waals surface area contributed by atoms with Crippen molar-refractivity contribution in [3.63, 3.8) is 0 Å². The van der Waals surface area contributed by atoms with Crippen LogP contribution in [0.2, 0.25) is 10.0 Å². The van der Waals surface area contributed by atoms with E-state index in [0.29, 0.717) is 17.1 Å². The van der Waals surface area contributed by atoms with Gasteiger partial charge in [-0.2, -0.15) is 0 Å². The van der Waals surface area contributed by atoms with Crippen molar-refractivity contribution >= 4 is 23.2 Å². The molecule has 1 aromatic carbocycles. The fourth-order valence-corrected chi connectivity index (χ4v) is 3.70. The van der Waals surface area contributed by atoms with E-state index in [0.717, 1.165) is 31.1 Å². The van der Waals surface area contributed by atoms with Crippen molar-refractivity contribution in [3.05, 3.63) is 33.8 Å². The summed E-state index contributed by atoms with van der Waals surface area (Å²) in [6.07, 6.45) is 5.08. The highest BCUT2D eigenvalue weighted by Gasteiger charge is 2.22. The van der Waals surface area contributed by atoms with Gasteiger partial charge in [-0.15, -0.1) is 0 Å². The lowest BCUT2D eigenvalue weighted by Crippen LogP contribution is -2.44. The van der Waals surface area contributed by atoms with Crippen LogP contribution in [-0.2, 0) is 0 Å². The van der Waals surface area contributed by atoms with E-state index in [-0.39, 0.29) is 0 Å². The molecule has 2 rings (SSSR count). The third kappa shape index (κ3) is 4.85. The van der Waals surface area contributed by atoms with E-state index in [1.165, 1.54) is 24.8 Å². The van der Waals surface area contributed by atoms with Crippen LogP contribution in [0.1, 0.15) is 51.1 Å². The normalized spacial score (nSPS) is 20.7. The highest BCUT2D eigenvalue weighted by molar-refractivity contribution is 6.35. The second kappa shape index (κ2) is 8.38. The minimum Gasteiger partial charge on any atom is -0.313 e. The Labute approximate surface area is 138 Å².